The number of hydrogen-bond donors (Lipinski definition) is 2. The van der Waals surface area contributed by atoms with Crippen molar-refractivity contribution >= 4 is 40.9 Å². The molecule has 3 N–H and O–H groups in total. The molecule has 1 aliphatic rings. The highest BCUT2D eigenvalue weighted by Gasteiger charge is 2.39. The molecular weight excluding hydrogens is 334 g/mol. The van der Waals surface area contributed by atoms with Gasteiger partial charge in [-0.2, -0.15) is 11.8 Å². The molecule has 1 aromatic carbocycles. The summed E-state index contributed by atoms with van der Waals surface area (Å²) in [6.45, 7) is 2.43. The summed E-state index contributed by atoms with van der Waals surface area (Å²) in [6, 6.07) is 4.15. The van der Waals surface area contributed by atoms with Crippen LogP contribution in [0.15, 0.2) is 18.2 Å². The molecule has 2 atom stereocenters. The van der Waals surface area contributed by atoms with Crippen molar-refractivity contribution in [3.63, 3.8) is 0 Å². The predicted molar refractivity (Wildman–Crippen MR) is 96.1 cm³/mol. The van der Waals surface area contributed by atoms with Gasteiger partial charge >= 0.3 is 0 Å². The van der Waals surface area contributed by atoms with Crippen LogP contribution in [0.4, 0.5) is 5.69 Å². The summed E-state index contributed by atoms with van der Waals surface area (Å²) in [5, 5.41) is 3.49. The number of carbonyl (C=O) groups is 2. The van der Waals surface area contributed by atoms with Crippen molar-refractivity contribution in [3.8, 4) is 0 Å². The molecule has 126 valence electrons. The van der Waals surface area contributed by atoms with Gasteiger partial charge in [-0.1, -0.05) is 18.5 Å². The highest BCUT2D eigenvalue weighted by atomic mass is 35.5. The molecule has 0 aromatic heterocycles. The second kappa shape index (κ2) is 8.04. The van der Waals surface area contributed by atoms with Gasteiger partial charge in [0.1, 0.15) is 6.04 Å². The van der Waals surface area contributed by atoms with E-state index in [4.69, 9.17) is 17.3 Å². The topological polar surface area (TPSA) is 75.4 Å². The standard InChI is InChI=1S/C16H22ClN3O2S/c1-3-12(18)16(22)20-13-5-4-11(17)8-10(13)9-14(20)15(21)19-6-7-23-2/h4-5,8,12,14H,3,6-7,9,18H2,1-2H3,(H,19,21). The van der Waals surface area contributed by atoms with Crippen LogP contribution in [0.2, 0.25) is 5.02 Å². The summed E-state index contributed by atoms with van der Waals surface area (Å²) < 4.78 is 0. The number of anilines is 1. The maximum absolute atomic E-state index is 12.7. The van der Waals surface area contributed by atoms with Crippen LogP contribution < -0.4 is 16.0 Å². The molecule has 0 spiro atoms. The van der Waals surface area contributed by atoms with E-state index >= 15 is 0 Å². The Balaban J connectivity index is 2.27. The molecular formula is C16H22ClN3O2S. The molecule has 0 fully saturated rings. The number of carbonyl (C=O) groups excluding carboxylic acids is 2. The second-order valence-electron chi connectivity index (χ2n) is 5.50. The fourth-order valence-corrected chi connectivity index (χ4v) is 3.15. The summed E-state index contributed by atoms with van der Waals surface area (Å²) in [5.74, 6) is 0.459. The lowest BCUT2D eigenvalue weighted by atomic mass is 10.1. The van der Waals surface area contributed by atoms with Crippen molar-refractivity contribution in [2.75, 3.05) is 23.5 Å². The van der Waals surface area contributed by atoms with Crippen LogP contribution in [0.1, 0.15) is 18.9 Å². The number of fused-ring (bicyclic) bond motifs is 1. The van der Waals surface area contributed by atoms with E-state index in [9.17, 15) is 9.59 Å². The zero-order valence-corrected chi connectivity index (χ0v) is 14.9. The van der Waals surface area contributed by atoms with Gasteiger partial charge in [0.15, 0.2) is 0 Å². The van der Waals surface area contributed by atoms with Crippen LogP contribution >= 0.6 is 23.4 Å². The molecule has 0 radical (unpaired) electrons. The Bertz CT molecular complexity index is 597. The van der Waals surface area contributed by atoms with Crippen molar-refractivity contribution in [1.82, 2.24) is 5.32 Å². The largest absolute Gasteiger partial charge is 0.353 e. The SMILES string of the molecule is CCC(N)C(=O)N1c2ccc(Cl)cc2CC1C(=O)NCCSC. The smallest absolute Gasteiger partial charge is 0.244 e. The first kappa shape index (κ1) is 18.1. The van der Waals surface area contributed by atoms with E-state index in [1.165, 1.54) is 4.90 Å². The molecule has 23 heavy (non-hydrogen) atoms. The molecule has 0 saturated heterocycles. The lowest BCUT2D eigenvalue weighted by Gasteiger charge is -2.27. The molecule has 0 saturated carbocycles. The van der Waals surface area contributed by atoms with Crippen LogP contribution in [0.25, 0.3) is 0 Å². The summed E-state index contributed by atoms with van der Waals surface area (Å²) in [7, 11) is 0. The monoisotopic (exact) mass is 355 g/mol. The van der Waals surface area contributed by atoms with Gasteiger partial charge in [-0.15, -0.1) is 0 Å². The highest BCUT2D eigenvalue weighted by molar-refractivity contribution is 7.98. The minimum absolute atomic E-state index is 0.150. The minimum Gasteiger partial charge on any atom is -0.353 e. The number of nitrogens with two attached hydrogens (primary N) is 1. The van der Waals surface area contributed by atoms with Crippen LogP contribution in [-0.2, 0) is 16.0 Å². The molecule has 1 heterocycles. The Morgan fingerprint density at radius 3 is 2.91 bits per heavy atom. The summed E-state index contributed by atoms with van der Waals surface area (Å²) in [6.07, 6.45) is 2.97. The van der Waals surface area contributed by atoms with E-state index in [2.05, 4.69) is 5.32 Å². The third kappa shape index (κ3) is 4.00. The number of nitrogens with one attached hydrogen (secondary N) is 1. The molecule has 7 heteroatoms. The van der Waals surface area contributed by atoms with Crippen LogP contribution in [-0.4, -0.2) is 42.5 Å². The number of nitrogens with zero attached hydrogens (tertiary/aromatic N) is 1. The average Bonchev–Trinajstić information content (AvgIpc) is 2.91. The predicted octanol–water partition coefficient (Wildman–Crippen LogP) is 1.81. The number of thioether (sulfide) groups is 1. The van der Waals surface area contributed by atoms with Crippen molar-refractivity contribution in [3.05, 3.63) is 28.8 Å². The van der Waals surface area contributed by atoms with Gasteiger partial charge in [0, 0.05) is 29.4 Å². The maximum atomic E-state index is 12.7. The van der Waals surface area contributed by atoms with Crippen molar-refractivity contribution < 1.29 is 9.59 Å². The van der Waals surface area contributed by atoms with E-state index in [0.717, 1.165) is 17.0 Å². The Morgan fingerprint density at radius 2 is 2.26 bits per heavy atom. The number of benzene rings is 1. The summed E-state index contributed by atoms with van der Waals surface area (Å²) in [5.41, 5.74) is 7.55. The highest BCUT2D eigenvalue weighted by Crippen LogP contribution is 2.34. The van der Waals surface area contributed by atoms with E-state index in [-0.39, 0.29) is 11.8 Å². The van der Waals surface area contributed by atoms with Gasteiger partial charge < -0.3 is 11.1 Å². The van der Waals surface area contributed by atoms with E-state index in [0.29, 0.717) is 24.4 Å². The Kier molecular flexibility index (Phi) is 6.33. The maximum Gasteiger partial charge on any atom is 0.244 e. The summed E-state index contributed by atoms with van der Waals surface area (Å²) >= 11 is 7.70. The molecule has 5 nitrogen and oxygen atoms in total. The van der Waals surface area contributed by atoms with E-state index in [1.54, 1.807) is 23.9 Å². The van der Waals surface area contributed by atoms with Crippen LogP contribution in [0, 0.1) is 0 Å². The Labute approximate surface area is 145 Å². The van der Waals surface area contributed by atoms with Crippen molar-refractivity contribution in [1.29, 1.82) is 0 Å². The third-order valence-electron chi connectivity index (χ3n) is 3.93. The molecule has 2 unspecified atom stereocenters. The molecule has 2 amide bonds. The average molecular weight is 356 g/mol. The molecule has 2 rings (SSSR count). The molecule has 1 aromatic rings. The van der Waals surface area contributed by atoms with Gasteiger partial charge in [0.25, 0.3) is 0 Å². The number of halogens is 1. The molecule has 0 aliphatic carbocycles. The van der Waals surface area contributed by atoms with Gasteiger partial charge in [-0.05, 0) is 36.4 Å². The van der Waals surface area contributed by atoms with Crippen molar-refractivity contribution in [2.24, 2.45) is 5.73 Å². The molecule has 0 bridgehead atoms. The van der Waals surface area contributed by atoms with Crippen LogP contribution in [0.3, 0.4) is 0 Å². The first-order chi connectivity index (χ1) is 11.0. The first-order valence-corrected chi connectivity index (χ1v) is 9.40. The molecule has 1 aliphatic heterocycles. The number of amides is 2. The van der Waals surface area contributed by atoms with Gasteiger partial charge in [0.05, 0.1) is 6.04 Å². The second-order valence-corrected chi connectivity index (χ2v) is 6.92. The zero-order chi connectivity index (χ0) is 17.0. The first-order valence-electron chi connectivity index (χ1n) is 7.63. The zero-order valence-electron chi connectivity index (χ0n) is 13.3. The number of hydrogen-bond acceptors (Lipinski definition) is 4. The van der Waals surface area contributed by atoms with E-state index in [1.807, 2.05) is 19.2 Å². The van der Waals surface area contributed by atoms with Gasteiger partial charge in [0.2, 0.25) is 11.8 Å². The lowest BCUT2D eigenvalue weighted by molar-refractivity contribution is -0.126. The summed E-state index contributed by atoms with van der Waals surface area (Å²) in [4.78, 5) is 26.7. The Morgan fingerprint density at radius 1 is 1.52 bits per heavy atom. The normalized spacial score (nSPS) is 17.7. The fraction of sp³-hybridized carbons (Fsp3) is 0.500. The van der Waals surface area contributed by atoms with Gasteiger partial charge in [-0.3, -0.25) is 14.5 Å². The quantitative estimate of drug-likeness (QED) is 0.763. The lowest BCUT2D eigenvalue weighted by Crippen LogP contribution is -2.53. The van der Waals surface area contributed by atoms with E-state index < -0.39 is 12.1 Å². The number of rotatable bonds is 6. The van der Waals surface area contributed by atoms with Crippen molar-refractivity contribution in [2.45, 2.75) is 31.8 Å². The fourth-order valence-electron chi connectivity index (χ4n) is 2.65. The third-order valence-corrected chi connectivity index (χ3v) is 4.78. The minimum atomic E-state index is -0.613. The Hall–Kier alpha value is -1.24. The van der Waals surface area contributed by atoms with Crippen LogP contribution in [0.5, 0.6) is 0 Å². The van der Waals surface area contributed by atoms with Gasteiger partial charge in [-0.25, -0.2) is 0 Å².